The third-order valence-electron chi connectivity index (χ3n) is 5.49. The summed E-state index contributed by atoms with van der Waals surface area (Å²) < 4.78 is 70.4. The lowest BCUT2D eigenvalue weighted by Crippen LogP contribution is -2.06. The number of hydrogen-bond donors (Lipinski definition) is 0. The highest BCUT2D eigenvalue weighted by Gasteiger charge is 2.34. The minimum absolute atomic E-state index is 0.0362. The molecule has 0 fully saturated rings. The van der Waals surface area contributed by atoms with Crippen LogP contribution in [0.25, 0.3) is 16.7 Å². The molecule has 0 radical (unpaired) electrons. The van der Waals surface area contributed by atoms with E-state index >= 15 is 0 Å². The predicted octanol–water partition coefficient (Wildman–Crippen LogP) is 6.00. The van der Waals surface area contributed by atoms with Crippen molar-refractivity contribution >= 4 is 39.2 Å². The Morgan fingerprint density at radius 3 is 2.51 bits per heavy atom. The number of nitrogens with zero attached hydrogens (tertiary/aromatic N) is 4. The van der Waals surface area contributed by atoms with Gasteiger partial charge >= 0.3 is 22.8 Å². The zero-order valence-electron chi connectivity index (χ0n) is 19.2. The summed E-state index contributed by atoms with van der Waals surface area (Å²) >= 11 is 5.96. The van der Waals surface area contributed by atoms with E-state index < -0.39 is 33.4 Å². The fraction of sp³-hybridized carbons (Fsp3) is 0.208. The zero-order valence-corrected chi connectivity index (χ0v) is 20.7. The van der Waals surface area contributed by atoms with Gasteiger partial charge in [0.1, 0.15) is 5.82 Å². The van der Waals surface area contributed by atoms with Gasteiger partial charge in [-0.3, -0.25) is 4.57 Å². The summed E-state index contributed by atoms with van der Waals surface area (Å²) in [5.41, 5.74) is 1.95. The van der Waals surface area contributed by atoms with Crippen LogP contribution < -0.4 is 4.74 Å². The van der Waals surface area contributed by atoms with Crippen LogP contribution in [0.2, 0.25) is 5.02 Å². The molecule has 0 aliphatic rings. The number of aromatic nitrogens is 3. The molecule has 4 aromatic rings. The number of alkyl halides is 3. The maximum Gasteiger partial charge on any atom is 0.455 e. The van der Waals surface area contributed by atoms with Gasteiger partial charge in [0.2, 0.25) is 5.88 Å². The molecular weight excluding hydrogens is 533 g/mol. The largest absolute Gasteiger partial charge is 0.455 e. The molecule has 2 aromatic carbocycles. The van der Waals surface area contributed by atoms with Gasteiger partial charge in [-0.15, -0.1) is 0 Å². The summed E-state index contributed by atoms with van der Waals surface area (Å²) in [6.45, 7) is 1.86. The molecule has 2 heterocycles. The van der Waals surface area contributed by atoms with Gasteiger partial charge in [-0.25, -0.2) is 14.8 Å². The summed E-state index contributed by atoms with van der Waals surface area (Å²) in [5.74, 6) is 0.551. The van der Waals surface area contributed by atoms with Gasteiger partial charge in [-0.1, -0.05) is 41.1 Å². The van der Waals surface area contributed by atoms with Crippen LogP contribution in [-0.2, 0) is 35.9 Å². The molecule has 0 aliphatic heterocycles. The number of amides is 1. The van der Waals surface area contributed by atoms with Crippen molar-refractivity contribution in [3.8, 4) is 11.6 Å². The summed E-state index contributed by atoms with van der Waals surface area (Å²) in [6, 6.07) is 13.0. The van der Waals surface area contributed by atoms with Crippen molar-refractivity contribution in [2.75, 3.05) is 0 Å². The van der Waals surface area contributed by atoms with Gasteiger partial charge in [0.25, 0.3) is 0 Å². The molecule has 0 saturated carbocycles. The Bertz CT molecular complexity index is 1610. The first kappa shape index (κ1) is 26.3. The van der Waals surface area contributed by atoms with E-state index in [2.05, 4.69) is 14.3 Å². The summed E-state index contributed by atoms with van der Waals surface area (Å²) in [6.07, 6.45) is -3.02. The van der Waals surface area contributed by atoms with Gasteiger partial charge in [0.05, 0.1) is 21.6 Å². The normalized spacial score (nSPS) is 11.5. The molecule has 2 aromatic heterocycles. The first-order valence-electron chi connectivity index (χ1n) is 10.9. The van der Waals surface area contributed by atoms with Crippen LogP contribution >= 0.6 is 11.6 Å². The average Bonchev–Trinajstić information content (AvgIpc) is 3.19. The van der Waals surface area contributed by atoms with Crippen LogP contribution in [0, 0.1) is 0 Å². The highest BCUT2D eigenvalue weighted by Crippen LogP contribution is 2.38. The Morgan fingerprint density at radius 1 is 1.14 bits per heavy atom. The van der Waals surface area contributed by atoms with Gasteiger partial charge in [0.15, 0.2) is 0 Å². The number of benzene rings is 2. The first-order valence-corrected chi connectivity index (χ1v) is 12.3. The van der Waals surface area contributed by atoms with Gasteiger partial charge in [-0.2, -0.15) is 21.6 Å². The Labute approximate surface area is 215 Å². The Morgan fingerprint density at radius 2 is 1.86 bits per heavy atom. The van der Waals surface area contributed by atoms with E-state index in [9.17, 15) is 26.4 Å². The molecule has 0 bridgehead atoms. The van der Waals surface area contributed by atoms with Gasteiger partial charge in [-0.05, 0) is 48.7 Å². The molecule has 0 N–H and O–H groups in total. The fourth-order valence-corrected chi connectivity index (χ4v) is 4.27. The molecule has 192 valence electrons. The minimum atomic E-state index is -4.58. The molecular formula is C24H18ClF3N4O4S. The molecule has 0 spiro atoms. The van der Waals surface area contributed by atoms with Crippen molar-refractivity contribution < 1.29 is 31.1 Å². The number of hydrogen-bond acceptors (Lipinski definition) is 6. The Hall–Kier alpha value is -3.77. The average molecular weight is 551 g/mol. The molecule has 0 atom stereocenters. The molecule has 37 heavy (non-hydrogen) atoms. The summed E-state index contributed by atoms with van der Waals surface area (Å²) in [7, 11) is -2.93. The third kappa shape index (κ3) is 5.97. The van der Waals surface area contributed by atoms with E-state index in [1.165, 1.54) is 12.3 Å². The van der Waals surface area contributed by atoms with E-state index in [1.807, 2.05) is 31.2 Å². The molecule has 1 amide bonds. The number of fused-ring (bicyclic) bond motifs is 1. The SMILES string of the molecule is CCc1nc2cc(C(F)(F)F)c(Cl)cc2n1-c1ccc(CCc2cccnc2OC(=O)N=S(=O)=O)cc1. The van der Waals surface area contributed by atoms with E-state index in [0.717, 1.165) is 11.6 Å². The zero-order chi connectivity index (χ0) is 26.7. The van der Waals surface area contributed by atoms with E-state index in [0.29, 0.717) is 41.9 Å². The van der Waals surface area contributed by atoms with Crippen molar-refractivity contribution in [3.05, 3.63) is 82.3 Å². The maximum atomic E-state index is 13.3. The van der Waals surface area contributed by atoms with Crippen molar-refractivity contribution in [3.63, 3.8) is 0 Å². The summed E-state index contributed by atoms with van der Waals surface area (Å²) in [4.78, 5) is 19.9. The van der Waals surface area contributed by atoms with Gasteiger partial charge in [0, 0.05) is 23.9 Å². The lowest BCUT2D eigenvalue weighted by molar-refractivity contribution is -0.137. The van der Waals surface area contributed by atoms with Crippen LogP contribution in [0.3, 0.4) is 0 Å². The highest BCUT2D eigenvalue weighted by atomic mass is 35.5. The van der Waals surface area contributed by atoms with Crippen molar-refractivity contribution in [2.45, 2.75) is 32.4 Å². The number of halogens is 4. The first-order chi connectivity index (χ1) is 17.6. The maximum absolute atomic E-state index is 13.3. The number of ether oxygens (including phenoxy) is 1. The number of carbonyl (C=O) groups excluding carboxylic acids is 1. The third-order valence-corrected chi connectivity index (χ3v) is 6.11. The summed E-state index contributed by atoms with van der Waals surface area (Å²) in [5, 5.41) is -0.400. The lowest BCUT2D eigenvalue weighted by Gasteiger charge is -2.12. The molecule has 4 rings (SSSR count). The second kappa shape index (κ2) is 10.7. The quantitative estimate of drug-likeness (QED) is 0.291. The minimum Gasteiger partial charge on any atom is -0.389 e. The molecule has 13 heteroatoms. The monoisotopic (exact) mass is 550 g/mol. The number of aryl methyl sites for hydroxylation is 3. The van der Waals surface area contributed by atoms with Crippen molar-refractivity contribution in [1.29, 1.82) is 0 Å². The molecule has 0 unspecified atom stereocenters. The van der Waals surface area contributed by atoms with Crippen molar-refractivity contribution in [1.82, 2.24) is 14.5 Å². The number of imidazole rings is 1. The van der Waals surface area contributed by atoms with E-state index in [4.69, 9.17) is 16.3 Å². The second-order valence-corrected chi connectivity index (χ2v) is 8.87. The van der Waals surface area contributed by atoms with Gasteiger partial charge < -0.3 is 4.74 Å². The number of rotatable bonds is 6. The molecule has 8 nitrogen and oxygen atoms in total. The topological polar surface area (TPSA) is 104 Å². The smallest absolute Gasteiger partial charge is 0.389 e. The Balaban J connectivity index is 1.58. The second-order valence-electron chi connectivity index (χ2n) is 7.85. The van der Waals surface area contributed by atoms with Crippen LogP contribution in [-0.4, -0.2) is 29.0 Å². The van der Waals surface area contributed by atoms with Crippen LogP contribution in [0.4, 0.5) is 18.0 Å². The number of carbonyl (C=O) groups is 1. The van der Waals surface area contributed by atoms with E-state index in [1.54, 1.807) is 16.7 Å². The molecule has 0 saturated heterocycles. The standard InChI is InChI=1S/C24H18ClF3N4O4S/c1-2-21-30-19-12-17(24(26,27)28)18(25)13-20(19)32(21)16-9-6-14(7-10-16)5-8-15-4-3-11-29-22(15)36-23(33)31-37(34)35/h3-4,6-7,9-13H,2,5,8H2,1H3. The number of pyridine rings is 1. The van der Waals surface area contributed by atoms with Crippen LogP contribution in [0.1, 0.15) is 29.4 Å². The van der Waals surface area contributed by atoms with Crippen LogP contribution in [0.5, 0.6) is 5.88 Å². The predicted molar refractivity (Wildman–Crippen MR) is 129 cm³/mol. The highest BCUT2D eigenvalue weighted by molar-refractivity contribution is 7.62. The van der Waals surface area contributed by atoms with Crippen molar-refractivity contribution in [2.24, 2.45) is 4.36 Å². The fourth-order valence-electron chi connectivity index (χ4n) is 3.85. The van der Waals surface area contributed by atoms with Crippen LogP contribution in [0.15, 0.2) is 59.1 Å². The Kier molecular flexibility index (Phi) is 7.60. The molecule has 0 aliphatic carbocycles. The van der Waals surface area contributed by atoms with E-state index in [-0.39, 0.29) is 11.4 Å². The lowest BCUT2D eigenvalue weighted by atomic mass is 10.0.